The lowest BCUT2D eigenvalue weighted by Gasteiger charge is -2.06. The number of aromatic nitrogens is 2. The summed E-state index contributed by atoms with van der Waals surface area (Å²) in [4.78, 5) is 0. The Labute approximate surface area is 79.9 Å². The Balaban J connectivity index is 2.93. The number of alkyl halides is 3. The Hall–Kier alpha value is -1.03. The van der Waals surface area contributed by atoms with Crippen molar-refractivity contribution in [2.24, 2.45) is 0 Å². The van der Waals surface area contributed by atoms with Crippen LogP contribution in [0.15, 0.2) is 10.8 Å². The Morgan fingerprint density at radius 3 is 2.62 bits per heavy atom. The molecule has 0 saturated heterocycles. The molecule has 0 bridgehead atoms. The topological polar surface area (TPSA) is 41.6 Å². The van der Waals surface area contributed by atoms with Crippen LogP contribution in [0.2, 0.25) is 0 Å². The van der Waals surface area contributed by atoms with Crippen LogP contribution >= 0.6 is 15.9 Å². The highest BCUT2D eigenvalue weighted by molar-refractivity contribution is 9.10. The first-order valence-corrected chi connectivity index (χ1v) is 3.91. The number of nitriles is 1. The quantitative estimate of drug-likeness (QED) is 0.769. The van der Waals surface area contributed by atoms with Gasteiger partial charge >= 0.3 is 6.18 Å². The summed E-state index contributed by atoms with van der Waals surface area (Å²) in [5.74, 6) is 0. The molecule has 0 aliphatic heterocycles. The zero-order valence-corrected chi connectivity index (χ0v) is 7.72. The largest absolute Gasteiger partial charge is 0.408 e. The van der Waals surface area contributed by atoms with E-state index in [4.69, 9.17) is 5.26 Å². The van der Waals surface area contributed by atoms with E-state index in [1.807, 2.05) is 0 Å². The van der Waals surface area contributed by atoms with Crippen molar-refractivity contribution in [3.05, 3.63) is 16.4 Å². The van der Waals surface area contributed by atoms with E-state index in [1.165, 1.54) is 0 Å². The van der Waals surface area contributed by atoms with Crippen LogP contribution in [0.25, 0.3) is 0 Å². The molecule has 0 amide bonds. The molecule has 1 aromatic rings. The van der Waals surface area contributed by atoms with Crippen LogP contribution in [0.4, 0.5) is 13.2 Å². The SMILES string of the molecule is N#Cc1cnn(CC(F)(F)F)c1Br. The van der Waals surface area contributed by atoms with Crippen LogP contribution < -0.4 is 0 Å². The molecular formula is C6H3BrF3N3. The molecule has 7 heteroatoms. The molecule has 1 heterocycles. The molecular weight excluding hydrogens is 251 g/mol. The van der Waals surface area contributed by atoms with Gasteiger partial charge in [0.25, 0.3) is 0 Å². The van der Waals surface area contributed by atoms with Gasteiger partial charge in [-0.15, -0.1) is 0 Å². The van der Waals surface area contributed by atoms with Crippen molar-refractivity contribution >= 4 is 15.9 Å². The Kier molecular flexibility index (Phi) is 2.61. The third kappa shape index (κ3) is 2.45. The monoisotopic (exact) mass is 253 g/mol. The van der Waals surface area contributed by atoms with Crippen molar-refractivity contribution < 1.29 is 13.2 Å². The summed E-state index contributed by atoms with van der Waals surface area (Å²) >= 11 is 2.84. The third-order valence-corrected chi connectivity index (χ3v) is 2.06. The van der Waals surface area contributed by atoms with Crippen LogP contribution in [0.1, 0.15) is 5.56 Å². The van der Waals surface area contributed by atoms with Crippen LogP contribution in [0, 0.1) is 11.3 Å². The number of nitrogens with zero attached hydrogens (tertiary/aromatic N) is 3. The van der Waals surface area contributed by atoms with Crippen molar-refractivity contribution in [2.45, 2.75) is 12.7 Å². The van der Waals surface area contributed by atoms with E-state index in [0.29, 0.717) is 4.68 Å². The summed E-state index contributed by atoms with van der Waals surface area (Å²) in [5.41, 5.74) is 0.0873. The molecule has 0 aliphatic rings. The molecule has 0 aromatic carbocycles. The van der Waals surface area contributed by atoms with Gasteiger partial charge in [-0.25, -0.2) is 4.68 Å². The fourth-order valence-electron chi connectivity index (χ4n) is 0.725. The predicted octanol–water partition coefficient (Wildman–Crippen LogP) is 2.08. The number of rotatable bonds is 1. The molecule has 0 spiro atoms. The van der Waals surface area contributed by atoms with E-state index in [-0.39, 0.29) is 10.2 Å². The molecule has 0 unspecified atom stereocenters. The van der Waals surface area contributed by atoms with E-state index < -0.39 is 12.7 Å². The highest BCUT2D eigenvalue weighted by Gasteiger charge is 2.29. The number of halogens is 4. The molecule has 0 N–H and O–H groups in total. The second kappa shape index (κ2) is 3.38. The van der Waals surface area contributed by atoms with Crippen molar-refractivity contribution in [2.75, 3.05) is 0 Å². The normalized spacial score (nSPS) is 11.3. The molecule has 1 aromatic heterocycles. The summed E-state index contributed by atoms with van der Waals surface area (Å²) in [6.07, 6.45) is -3.25. The van der Waals surface area contributed by atoms with Gasteiger partial charge in [-0.1, -0.05) is 0 Å². The van der Waals surface area contributed by atoms with Gasteiger partial charge in [0.15, 0.2) is 0 Å². The smallest absolute Gasteiger partial charge is 0.248 e. The van der Waals surface area contributed by atoms with Gasteiger partial charge in [-0.2, -0.15) is 23.5 Å². The molecule has 0 aliphatic carbocycles. The van der Waals surface area contributed by atoms with Gasteiger partial charge in [0.05, 0.1) is 6.20 Å². The summed E-state index contributed by atoms with van der Waals surface area (Å²) in [6, 6.07) is 1.70. The van der Waals surface area contributed by atoms with Crippen LogP contribution in [-0.4, -0.2) is 16.0 Å². The summed E-state index contributed by atoms with van der Waals surface area (Å²) in [5, 5.41) is 11.8. The lowest BCUT2D eigenvalue weighted by Crippen LogP contribution is -2.18. The second-order valence-corrected chi connectivity index (χ2v) is 2.98. The van der Waals surface area contributed by atoms with Gasteiger partial charge in [-0.3, -0.25) is 0 Å². The van der Waals surface area contributed by atoms with Gasteiger partial charge in [-0.05, 0) is 15.9 Å². The van der Waals surface area contributed by atoms with Crippen molar-refractivity contribution in [3.63, 3.8) is 0 Å². The van der Waals surface area contributed by atoms with Crippen LogP contribution in [-0.2, 0) is 6.54 Å². The number of hydrogen-bond donors (Lipinski definition) is 0. The zero-order valence-electron chi connectivity index (χ0n) is 6.14. The second-order valence-electron chi connectivity index (χ2n) is 2.23. The minimum Gasteiger partial charge on any atom is -0.248 e. The first kappa shape index (κ1) is 10.1. The molecule has 0 fully saturated rings. The Morgan fingerprint density at radius 1 is 1.62 bits per heavy atom. The average molecular weight is 254 g/mol. The molecule has 1 rings (SSSR count). The standard InChI is InChI=1S/C6H3BrF3N3/c7-5-4(1-11)2-12-13(5)3-6(8,9)10/h2H,3H2. The fourth-order valence-corrected chi connectivity index (χ4v) is 1.13. The maximum Gasteiger partial charge on any atom is 0.408 e. The number of hydrogen-bond acceptors (Lipinski definition) is 2. The minimum atomic E-state index is -4.33. The first-order chi connectivity index (χ1) is 5.94. The Morgan fingerprint density at radius 2 is 2.23 bits per heavy atom. The fraction of sp³-hybridized carbons (Fsp3) is 0.333. The van der Waals surface area contributed by atoms with Gasteiger partial charge in [0, 0.05) is 0 Å². The zero-order chi connectivity index (χ0) is 10.1. The van der Waals surface area contributed by atoms with Gasteiger partial charge in [0.1, 0.15) is 22.8 Å². The maximum atomic E-state index is 11.9. The maximum absolute atomic E-state index is 11.9. The van der Waals surface area contributed by atoms with Crippen molar-refractivity contribution in [1.82, 2.24) is 9.78 Å². The minimum absolute atomic E-state index is 0.0484. The molecule has 3 nitrogen and oxygen atoms in total. The molecule has 0 atom stereocenters. The summed E-state index contributed by atoms with van der Waals surface area (Å²) in [7, 11) is 0. The lowest BCUT2D eigenvalue weighted by atomic mass is 10.4. The molecule has 70 valence electrons. The first-order valence-electron chi connectivity index (χ1n) is 3.12. The van der Waals surface area contributed by atoms with Gasteiger partial charge in [0.2, 0.25) is 0 Å². The highest BCUT2D eigenvalue weighted by atomic mass is 79.9. The molecule has 0 saturated carbocycles. The van der Waals surface area contributed by atoms with Crippen LogP contribution in [0.3, 0.4) is 0 Å². The van der Waals surface area contributed by atoms with Crippen LogP contribution in [0.5, 0.6) is 0 Å². The van der Waals surface area contributed by atoms with Crippen molar-refractivity contribution in [3.8, 4) is 6.07 Å². The van der Waals surface area contributed by atoms with Gasteiger partial charge < -0.3 is 0 Å². The van der Waals surface area contributed by atoms with E-state index in [1.54, 1.807) is 6.07 Å². The third-order valence-electron chi connectivity index (χ3n) is 1.22. The van der Waals surface area contributed by atoms with E-state index >= 15 is 0 Å². The summed E-state index contributed by atoms with van der Waals surface area (Å²) in [6.45, 7) is -1.20. The van der Waals surface area contributed by atoms with Crippen molar-refractivity contribution in [1.29, 1.82) is 5.26 Å². The summed E-state index contributed by atoms with van der Waals surface area (Å²) < 4.78 is 36.3. The average Bonchev–Trinajstić information content (AvgIpc) is 2.30. The molecule has 13 heavy (non-hydrogen) atoms. The highest BCUT2D eigenvalue weighted by Crippen LogP contribution is 2.22. The van der Waals surface area contributed by atoms with E-state index in [9.17, 15) is 13.2 Å². The lowest BCUT2D eigenvalue weighted by molar-refractivity contribution is -0.143. The predicted molar refractivity (Wildman–Crippen MR) is 40.7 cm³/mol. The Bertz CT molecular complexity index is 349. The molecule has 0 radical (unpaired) electrons. The van der Waals surface area contributed by atoms with E-state index in [2.05, 4.69) is 21.0 Å². The van der Waals surface area contributed by atoms with E-state index in [0.717, 1.165) is 6.20 Å².